The van der Waals surface area contributed by atoms with Gasteiger partial charge in [0.1, 0.15) is 18.0 Å². The van der Waals surface area contributed by atoms with Crippen molar-refractivity contribution in [3.63, 3.8) is 0 Å². The van der Waals surface area contributed by atoms with Crippen molar-refractivity contribution in [3.05, 3.63) is 102 Å². The van der Waals surface area contributed by atoms with E-state index in [1.807, 2.05) is 83.3 Å². The van der Waals surface area contributed by atoms with Gasteiger partial charge in [0, 0.05) is 67.9 Å². The summed E-state index contributed by atoms with van der Waals surface area (Å²) in [7, 11) is 0. The molecule has 7 rings (SSSR count). The van der Waals surface area contributed by atoms with Crippen molar-refractivity contribution < 1.29 is 18.9 Å². The number of pyridine rings is 1. The molecule has 296 valence electrons. The van der Waals surface area contributed by atoms with Crippen molar-refractivity contribution in [2.24, 2.45) is 0 Å². The molecule has 2 aliphatic rings. The van der Waals surface area contributed by atoms with Gasteiger partial charge in [0.15, 0.2) is 5.82 Å². The predicted octanol–water partition coefficient (Wildman–Crippen LogP) is 5.96. The van der Waals surface area contributed by atoms with Crippen molar-refractivity contribution in [1.82, 2.24) is 40.6 Å². The summed E-state index contributed by atoms with van der Waals surface area (Å²) in [5.41, 5.74) is 6.40. The second-order valence-corrected chi connectivity index (χ2v) is 15.8. The van der Waals surface area contributed by atoms with Crippen molar-refractivity contribution in [2.75, 3.05) is 47.8 Å². The molecule has 0 bridgehead atoms. The lowest BCUT2D eigenvalue weighted by atomic mass is 9.96. The van der Waals surface area contributed by atoms with Crippen LogP contribution in [0, 0.1) is 6.92 Å². The van der Waals surface area contributed by atoms with E-state index in [0.717, 1.165) is 66.4 Å². The van der Waals surface area contributed by atoms with Gasteiger partial charge in [0.2, 0.25) is 5.91 Å². The van der Waals surface area contributed by atoms with E-state index < -0.39 is 5.91 Å². The number of imide groups is 1. The zero-order chi connectivity index (χ0) is 40.3. The highest BCUT2D eigenvalue weighted by molar-refractivity contribution is 6.05. The zero-order valence-corrected chi connectivity index (χ0v) is 33.2. The number of aryl methyl sites for hydroxylation is 1. The average Bonchev–Trinajstić information content (AvgIpc) is 3.70. The summed E-state index contributed by atoms with van der Waals surface area (Å²) in [5, 5.41) is 12.6. The van der Waals surface area contributed by atoms with Crippen molar-refractivity contribution in [3.8, 4) is 11.3 Å². The molecule has 3 aromatic heterocycles. The van der Waals surface area contributed by atoms with E-state index in [4.69, 9.17) is 9.51 Å². The van der Waals surface area contributed by atoms with Crippen molar-refractivity contribution in [1.29, 1.82) is 0 Å². The highest BCUT2D eigenvalue weighted by atomic mass is 16.5. The number of rotatable bonds is 11. The summed E-state index contributed by atoms with van der Waals surface area (Å²) < 4.78 is 5.21. The molecule has 15 nitrogen and oxygen atoms in total. The minimum Gasteiger partial charge on any atom is -0.365 e. The molecule has 0 unspecified atom stereocenters. The van der Waals surface area contributed by atoms with E-state index >= 15 is 0 Å². The van der Waals surface area contributed by atoms with E-state index in [2.05, 4.69) is 71.0 Å². The van der Waals surface area contributed by atoms with E-state index in [1.54, 1.807) is 4.90 Å². The van der Waals surface area contributed by atoms with Crippen LogP contribution in [0.4, 0.5) is 27.8 Å². The second-order valence-electron chi connectivity index (χ2n) is 15.8. The number of carbonyl (C=O) groups excluding carboxylic acids is 3. The van der Waals surface area contributed by atoms with Gasteiger partial charge in [-0.15, -0.1) is 0 Å². The van der Waals surface area contributed by atoms with Gasteiger partial charge in [-0.2, -0.15) is 4.98 Å². The lowest BCUT2D eigenvalue weighted by molar-refractivity contribution is -0.120. The van der Waals surface area contributed by atoms with Gasteiger partial charge in [-0.3, -0.25) is 24.7 Å². The maximum atomic E-state index is 12.8. The maximum absolute atomic E-state index is 12.8. The first-order valence-electron chi connectivity index (χ1n) is 19.3. The quantitative estimate of drug-likeness (QED) is 0.144. The van der Waals surface area contributed by atoms with Crippen molar-refractivity contribution in [2.45, 2.75) is 71.9 Å². The topological polar surface area (TPSA) is 175 Å². The lowest BCUT2D eigenvalue weighted by Gasteiger charge is -2.41. The standard InChI is InChI=1S/C42H49N11O4/c1-26-21-30(9-13-33(26)28(3)46-38(55)39-49-40(50-57-39)42(4,5)6)34-22-36(45-25-44-34)47-35-14-12-32(23-43-35)52-20-19-51(24-27(52)2)17-15-29-7-10-31(11-8-29)53-18-16-37(54)48-41(53)56/h7-14,21-23,25,27-28H,15-20,24H2,1-6H3,(H,46,55)(H,48,54,56)(H,43,44,45,47)/t27-,28-/m1/s1. The molecule has 0 aliphatic carbocycles. The first-order valence-corrected chi connectivity index (χ1v) is 19.3. The van der Waals surface area contributed by atoms with Crippen LogP contribution in [0.15, 0.2) is 77.7 Å². The highest BCUT2D eigenvalue weighted by Crippen LogP contribution is 2.28. The minimum absolute atomic E-state index is 0.0553. The number of aromatic nitrogens is 5. The fraction of sp³-hybridized carbons (Fsp3) is 0.381. The molecular formula is C42H49N11O4. The molecule has 3 N–H and O–H groups in total. The number of anilines is 4. The van der Waals surface area contributed by atoms with Gasteiger partial charge in [0.05, 0.1) is 23.6 Å². The molecule has 57 heavy (non-hydrogen) atoms. The number of benzene rings is 2. The summed E-state index contributed by atoms with van der Waals surface area (Å²) in [6.45, 7) is 16.2. The summed E-state index contributed by atoms with van der Waals surface area (Å²) >= 11 is 0. The number of hydrogen-bond acceptors (Lipinski definition) is 12. The van der Waals surface area contributed by atoms with E-state index in [0.29, 0.717) is 36.5 Å². The van der Waals surface area contributed by atoms with E-state index in [1.165, 1.54) is 11.9 Å². The third kappa shape index (κ3) is 9.26. The van der Waals surface area contributed by atoms with Gasteiger partial charge >= 0.3 is 17.8 Å². The van der Waals surface area contributed by atoms with Gasteiger partial charge in [-0.05, 0) is 74.2 Å². The van der Waals surface area contributed by atoms with Gasteiger partial charge in [-0.25, -0.2) is 19.7 Å². The first kappa shape index (κ1) is 39.0. The SMILES string of the molecule is Cc1cc(-c2cc(Nc3ccc(N4CCN(CCc5ccc(N6CCC(=O)NC6=O)cc5)C[C@H]4C)cn3)ncn2)ccc1[C@@H](C)NC(=O)c1nc(C(C)(C)C)no1. The molecule has 0 spiro atoms. The number of amides is 4. The Morgan fingerprint density at radius 2 is 1.75 bits per heavy atom. The smallest absolute Gasteiger partial charge is 0.328 e. The third-order valence-electron chi connectivity index (χ3n) is 10.4. The van der Waals surface area contributed by atoms with Gasteiger partial charge < -0.3 is 20.1 Å². The molecule has 2 atom stereocenters. The zero-order valence-electron chi connectivity index (χ0n) is 33.2. The van der Waals surface area contributed by atoms with Crippen LogP contribution in [0.2, 0.25) is 0 Å². The highest BCUT2D eigenvalue weighted by Gasteiger charge is 2.27. The Bertz CT molecular complexity index is 2230. The number of piperazine rings is 1. The van der Waals surface area contributed by atoms with Crippen LogP contribution in [-0.2, 0) is 16.6 Å². The fourth-order valence-corrected chi connectivity index (χ4v) is 7.18. The van der Waals surface area contributed by atoms with Gasteiger partial charge in [-0.1, -0.05) is 50.2 Å². The van der Waals surface area contributed by atoms with Crippen LogP contribution < -0.4 is 25.8 Å². The Hall–Kier alpha value is -6.22. The first-order chi connectivity index (χ1) is 27.3. The lowest BCUT2D eigenvalue weighted by Crippen LogP contribution is -2.52. The molecule has 5 heterocycles. The summed E-state index contributed by atoms with van der Waals surface area (Å²) in [6.07, 6.45) is 4.66. The molecule has 0 saturated carbocycles. The number of nitrogens with one attached hydrogen (secondary N) is 3. The van der Waals surface area contributed by atoms with Crippen LogP contribution >= 0.6 is 0 Å². The largest absolute Gasteiger partial charge is 0.365 e. The van der Waals surface area contributed by atoms with Crippen LogP contribution in [0.3, 0.4) is 0 Å². The Morgan fingerprint density at radius 3 is 2.44 bits per heavy atom. The minimum atomic E-state index is -0.417. The monoisotopic (exact) mass is 771 g/mol. The number of hydrogen-bond donors (Lipinski definition) is 3. The summed E-state index contributed by atoms with van der Waals surface area (Å²) in [4.78, 5) is 60.9. The Morgan fingerprint density at radius 1 is 0.965 bits per heavy atom. The Kier molecular flexibility index (Phi) is 11.3. The third-order valence-corrected chi connectivity index (χ3v) is 10.4. The molecule has 2 saturated heterocycles. The predicted molar refractivity (Wildman–Crippen MR) is 217 cm³/mol. The number of urea groups is 1. The van der Waals surface area contributed by atoms with Crippen LogP contribution in [0.25, 0.3) is 11.3 Å². The number of carbonyl (C=O) groups is 3. The molecule has 0 radical (unpaired) electrons. The normalized spacial score (nSPS) is 17.0. The molecule has 2 aliphatic heterocycles. The fourth-order valence-electron chi connectivity index (χ4n) is 7.18. The van der Waals surface area contributed by atoms with Crippen molar-refractivity contribution >= 4 is 40.9 Å². The maximum Gasteiger partial charge on any atom is 0.328 e. The molecule has 15 heteroatoms. The van der Waals surface area contributed by atoms with Crippen LogP contribution in [-0.4, -0.2) is 86.6 Å². The molecular weight excluding hydrogens is 723 g/mol. The molecule has 4 amide bonds. The molecule has 5 aromatic rings. The average molecular weight is 772 g/mol. The Balaban J connectivity index is 0.901. The van der Waals surface area contributed by atoms with Gasteiger partial charge in [0.25, 0.3) is 0 Å². The van der Waals surface area contributed by atoms with Crippen LogP contribution in [0.5, 0.6) is 0 Å². The van der Waals surface area contributed by atoms with Crippen LogP contribution in [0.1, 0.15) is 80.3 Å². The second kappa shape index (κ2) is 16.5. The molecule has 2 aromatic carbocycles. The summed E-state index contributed by atoms with van der Waals surface area (Å²) in [6, 6.07) is 19.7. The molecule has 2 fully saturated rings. The number of nitrogens with zero attached hydrogens (tertiary/aromatic N) is 8. The van der Waals surface area contributed by atoms with E-state index in [9.17, 15) is 14.4 Å². The van der Waals surface area contributed by atoms with E-state index in [-0.39, 0.29) is 29.3 Å². The Labute approximate surface area is 332 Å². The summed E-state index contributed by atoms with van der Waals surface area (Å²) in [5.74, 6) is 1.09.